The van der Waals surface area contributed by atoms with Crippen LogP contribution in [0.15, 0.2) is 29.0 Å². The molecule has 14 heavy (non-hydrogen) atoms. The molecule has 3 nitrogen and oxygen atoms in total. The first-order valence-electron chi connectivity index (χ1n) is 4.24. The molecule has 0 saturated carbocycles. The number of halogens is 1. The van der Waals surface area contributed by atoms with Crippen LogP contribution >= 0.6 is 15.9 Å². The van der Waals surface area contributed by atoms with Gasteiger partial charge in [0.15, 0.2) is 0 Å². The van der Waals surface area contributed by atoms with E-state index in [-0.39, 0.29) is 0 Å². The van der Waals surface area contributed by atoms with Crippen LogP contribution in [0, 0.1) is 6.92 Å². The lowest BCUT2D eigenvalue weighted by atomic mass is 10.1. The molecule has 72 valence electrons. The first-order valence-corrected chi connectivity index (χ1v) is 5.36. The lowest BCUT2D eigenvalue weighted by Crippen LogP contribution is -1.84. The highest BCUT2D eigenvalue weighted by Gasteiger charge is 2.12. The van der Waals surface area contributed by atoms with Gasteiger partial charge in [-0.1, -0.05) is 21.1 Å². The fraction of sp³-hybridized carbons (Fsp3) is 0.200. The molecule has 0 bridgehead atoms. The van der Waals surface area contributed by atoms with Crippen LogP contribution in [0.3, 0.4) is 0 Å². The van der Waals surface area contributed by atoms with Crippen molar-refractivity contribution in [1.29, 1.82) is 0 Å². The minimum Gasteiger partial charge on any atom is -0.361 e. The molecule has 0 aliphatic carbocycles. The van der Waals surface area contributed by atoms with Crippen LogP contribution in [0.5, 0.6) is 0 Å². The van der Waals surface area contributed by atoms with E-state index < -0.39 is 0 Å². The molecule has 4 heteroatoms. The zero-order valence-electron chi connectivity index (χ0n) is 7.70. The highest BCUT2D eigenvalue weighted by atomic mass is 79.9. The molecule has 0 aromatic carbocycles. The maximum atomic E-state index is 5.14. The van der Waals surface area contributed by atoms with Crippen LogP contribution in [0.2, 0.25) is 0 Å². The Labute approximate surface area is 90.3 Å². The summed E-state index contributed by atoms with van der Waals surface area (Å²) in [6, 6.07) is 3.84. The van der Waals surface area contributed by atoms with Crippen molar-refractivity contribution in [3.63, 3.8) is 0 Å². The minimum atomic E-state index is 0.750. The summed E-state index contributed by atoms with van der Waals surface area (Å²) in [4.78, 5) is 3.96. The molecule has 0 amide bonds. The summed E-state index contributed by atoms with van der Waals surface area (Å²) in [6.07, 6.45) is 3.49. The Morgan fingerprint density at radius 1 is 1.36 bits per heavy atom. The van der Waals surface area contributed by atoms with E-state index in [9.17, 15) is 0 Å². The lowest BCUT2D eigenvalue weighted by Gasteiger charge is -1.97. The van der Waals surface area contributed by atoms with Gasteiger partial charge in [0.2, 0.25) is 0 Å². The van der Waals surface area contributed by atoms with Crippen molar-refractivity contribution < 1.29 is 4.52 Å². The maximum absolute atomic E-state index is 5.14. The number of pyridine rings is 1. The number of nitrogens with zero attached hydrogens (tertiary/aromatic N) is 2. The quantitative estimate of drug-likeness (QED) is 0.772. The smallest absolute Gasteiger partial charge is 0.138 e. The Bertz CT molecular complexity index is 425. The van der Waals surface area contributed by atoms with Crippen LogP contribution in [-0.4, -0.2) is 10.1 Å². The van der Waals surface area contributed by atoms with Gasteiger partial charge in [-0.25, -0.2) is 0 Å². The second-order valence-corrected chi connectivity index (χ2v) is 3.50. The Morgan fingerprint density at radius 2 is 2.07 bits per heavy atom. The molecule has 0 saturated heterocycles. The Hall–Kier alpha value is -1.16. The number of hydrogen-bond donors (Lipinski definition) is 0. The van der Waals surface area contributed by atoms with Crippen molar-refractivity contribution in [2.24, 2.45) is 0 Å². The summed E-state index contributed by atoms with van der Waals surface area (Å²) >= 11 is 3.42. The molecule has 2 rings (SSSR count). The number of rotatable bonds is 2. The fourth-order valence-corrected chi connectivity index (χ4v) is 1.95. The highest BCUT2D eigenvalue weighted by Crippen LogP contribution is 2.26. The van der Waals surface area contributed by atoms with Crippen LogP contribution in [0.4, 0.5) is 0 Å². The molecule has 0 spiro atoms. The van der Waals surface area contributed by atoms with Crippen molar-refractivity contribution >= 4 is 15.9 Å². The van der Waals surface area contributed by atoms with Crippen molar-refractivity contribution in [3.8, 4) is 11.3 Å². The minimum absolute atomic E-state index is 0.750. The van der Waals surface area contributed by atoms with Gasteiger partial charge in [-0.05, 0) is 19.1 Å². The predicted molar refractivity (Wildman–Crippen MR) is 57.1 cm³/mol. The van der Waals surface area contributed by atoms with E-state index in [1.54, 1.807) is 12.4 Å². The Morgan fingerprint density at radius 3 is 2.71 bits per heavy atom. The van der Waals surface area contributed by atoms with Gasteiger partial charge in [0.05, 0.1) is 0 Å². The SMILES string of the molecule is Cc1onc(-c2ccncc2)c1CBr. The standard InChI is InChI=1S/C10H9BrN2O/c1-7-9(6-11)10(13-14-7)8-2-4-12-5-3-8/h2-5H,6H2,1H3. The van der Waals surface area contributed by atoms with E-state index in [0.29, 0.717) is 0 Å². The second kappa shape index (κ2) is 3.92. The number of aryl methyl sites for hydroxylation is 1. The summed E-state index contributed by atoms with van der Waals surface area (Å²) < 4.78 is 5.14. The zero-order chi connectivity index (χ0) is 9.97. The van der Waals surface area contributed by atoms with Gasteiger partial charge in [0.1, 0.15) is 11.5 Å². The fourth-order valence-electron chi connectivity index (χ4n) is 1.29. The summed E-state index contributed by atoms with van der Waals surface area (Å²) in [6.45, 7) is 1.91. The first-order chi connectivity index (χ1) is 6.83. The molecule has 0 aliphatic rings. The Balaban J connectivity index is 2.52. The average Bonchev–Trinajstić information content (AvgIpc) is 2.61. The molecule has 2 aromatic rings. The lowest BCUT2D eigenvalue weighted by molar-refractivity contribution is 0.398. The van der Waals surface area contributed by atoms with Crippen LogP contribution in [0.25, 0.3) is 11.3 Å². The summed E-state index contributed by atoms with van der Waals surface area (Å²) in [5.74, 6) is 0.855. The number of alkyl halides is 1. The molecule has 2 heterocycles. The topological polar surface area (TPSA) is 38.9 Å². The molecule has 0 radical (unpaired) electrons. The third-order valence-electron chi connectivity index (χ3n) is 2.07. The van der Waals surface area contributed by atoms with E-state index in [1.807, 2.05) is 19.1 Å². The van der Waals surface area contributed by atoms with Crippen molar-refractivity contribution in [2.75, 3.05) is 0 Å². The molecular weight excluding hydrogens is 244 g/mol. The maximum Gasteiger partial charge on any atom is 0.138 e. The predicted octanol–water partition coefficient (Wildman–Crippen LogP) is 2.94. The van der Waals surface area contributed by atoms with E-state index in [4.69, 9.17) is 4.52 Å². The Kier molecular flexibility index (Phi) is 2.63. The number of hydrogen-bond acceptors (Lipinski definition) is 3. The van der Waals surface area contributed by atoms with Gasteiger partial charge in [0, 0.05) is 28.9 Å². The normalized spacial score (nSPS) is 10.4. The van der Waals surface area contributed by atoms with E-state index in [1.165, 1.54) is 0 Å². The van der Waals surface area contributed by atoms with Crippen LogP contribution in [0.1, 0.15) is 11.3 Å². The van der Waals surface area contributed by atoms with Crippen LogP contribution in [-0.2, 0) is 5.33 Å². The molecule has 0 atom stereocenters. The molecule has 0 N–H and O–H groups in total. The van der Waals surface area contributed by atoms with Crippen molar-refractivity contribution in [2.45, 2.75) is 12.3 Å². The van der Waals surface area contributed by atoms with E-state index in [2.05, 4.69) is 26.1 Å². The summed E-state index contributed by atoms with van der Waals surface area (Å²) in [5, 5.41) is 4.77. The molecular formula is C10H9BrN2O. The monoisotopic (exact) mass is 252 g/mol. The van der Waals surface area contributed by atoms with Crippen molar-refractivity contribution in [1.82, 2.24) is 10.1 Å². The molecule has 0 aliphatic heterocycles. The van der Waals surface area contributed by atoms with E-state index >= 15 is 0 Å². The van der Waals surface area contributed by atoms with Crippen molar-refractivity contribution in [3.05, 3.63) is 35.9 Å². The van der Waals surface area contributed by atoms with Crippen LogP contribution < -0.4 is 0 Å². The van der Waals surface area contributed by atoms with Gasteiger partial charge in [-0.2, -0.15) is 0 Å². The summed E-state index contributed by atoms with van der Waals surface area (Å²) in [5.41, 5.74) is 3.02. The van der Waals surface area contributed by atoms with Gasteiger partial charge in [-0.3, -0.25) is 4.98 Å². The van der Waals surface area contributed by atoms with Gasteiger partial charge in [-0.15, -0.1) is 0 Å². The third-order valence-corrected chi connectivity index (χ3v) is 2.63. The molecule has 0 fully saturated rings. The molecule has 0 unspecified atom stereocenters. The molecule has 2 aromatic heterocycles. The highest BCUT2D eigenvalue weighted by molar-refractivity contribution is 9.08. The van der Waals surface area contributed by atoms with Gasteiger partial charge in [0.25, 0.3) is 0 Å². The largest absolute Gasteiger partial charge is 0.361 e. The average molecular weight is 253 g/mol. The summed E-state index contributed by atoms with van der Waals surface area (Å²) in [7, 11) is 0. The van der Waals surface area contributed by atoms with Gasteiger partial charge >= 0.3 is 0 Å². The zero-order valence-corrected chi connectivity index (χ0v) is 9.28. The second-order valence-electron chi connectivity index (χ2n) is 2.94. The van der Waals surface area contributed by atoms with Gasteiger partial charge < -0.3 is 4.52 Å². The third kappa shape index (κ3) is 1.57. The number of aromatic nitrogens is 2. The first kappa shape index (κ1) is 9.40. The van der Waals surface area contributed by atoms with E-state index in [0.717, 1.165) is 27.9 Å².